The van der Waals surface area contributed by atoms with Crippen molar-refractivity contribution in [3.05, 3.63) is 88.6 Å². The lowest BCUT2D eigenvalue weighted by Crippen LogP contribution is -2.42. The van der Waals surface area contributed by atoms with Crippen molar-refractivity contribution in [2.75, 3.05) is 37.5 Å². The molecule has 4 aromatic rings. The number of rotatable bonds is 9. The number of halogens is 1. The molecule has 2 aromatic carbocycles. The standard InChI is InChI=1S/C29H29FN4O3S2/c1-19-7-3-4-8-22(19)34-29-26(27(32-34)23-9-5-16-38-23)28(20-10-12-21(30)13-11-20)39-18-25(36)33(29)17-24(35)31-14-6-15-37-2/h3-5,7-13,16,28H,6,14-15,17-18H2,1-2H3,(H,31,35). The van der Waals surface area contributed by atoms with Crippen LogP contribution in [0.15, 0.2) is 66.0 Å². The minimum Gasteiger partial charge on any atom is -0.385 e. The molecule has 3 heterocycles. The number of hydrogen-bond acceptors (Lipinski definition) is 6. The molecule has 0 saturated heterocycles. The number of benzene rings is 2. The number of thioether (sulfide) groups is 1. The lowest BCUT2D eigenvalue weighted by molar-refractivity contribution is -0.122. The van der Waals surface area contributed by atoms with Crippen molar-refractivity contribution in [1.29, 1.82) is 0 Å². The molecule has 1 unspecified atom stereocenters. The van der Waals surface area contributed by atoms with E-state index in [2.05, 4.69) is 5.32 Å². The quantitative estimate of drug-likeness (QED) is 0.277. The molecule has 0 saturated carbocycles. The van der Waals surface area contributed by atoms with Gasteiger partial charge in [0.15, 0.2) is 0 Å². The fourth-order valence-electron chi connectivity index (χ4n) is 4.63. The SMILES string of the molecule is COCCCNC(=O)CN1C(=O)CSC(c2ccc(F)cc2)c2c(-c3cccs3)nn(-c3ccccc3C)c21. The van der Waals surface area contributed by atoms with Gasteiger partial charge in [0.2, 0.25) is 11.8 Å². The van der Waals surface area contributed by atoms with Crippen LogP contribution in [0.4, 0.5) is 10.2 Å². The Balaban J connectivity index is 1.70. The second-order valence-corrected chi connectivity index (χ2v) is 11.2. The number of thiophene rings is 1. The Morgan fingerprint density at radius 3 is 2.67 bits per heavy atom. The predicted molar refractivity (Wildman–Crippen MR) is 154 cm³/mol. The van der Waals surface area contributed by atoms with Gasteiger partial charge in [-0.1, -0.05) is 36.4 Å². The van der Waals surface area contributed by atoms with Crippen molar-refractivity contribution in [1.82, 2.24) is 15.1 Å². The zero-order chi connectivity index (χ0) is 27.4. The first-order valence-corrected chi connectivity index (χ1v) is 14.6. The van der Waals surface area contributed by atoms with Crippen LogP contribution < -0.4 is 10.2 Å². The number of carbonyl (C=O) groups is 2. The molecule has 0 spiro atoms. The minimum atomic E-state index is -0.325. The molecular formula is C29H29FN4O3S2. The van der Waals surface area contributed by atoms with E-state index in [9.17, 15) is 14.0 Å². The fraction of sp³-hybridized carbons (Fsp3) is 0.276. The number of aromatic nitrogens is 2. The third-order valence-corrected chi connectivity index (χ3v) is 8.64. The minimum absolute atomic E-state index is 0.142. The van der Waals surface area contributed by atoms with Crippen LogP contribution in [0.5, 0.6) is 0 Å². The van der Waals surface area contributed by atoms with E-state index in [-0.39, 0.29) is 35.2 Å². The Bertz CT molecular complexity index is 1450. The van der Waals surface area contributed by atoms with Gasteiger partial charge < -0.3 is 10.1 Å². The molecule has 5 rings (SSSR count). The van der Waals surface area contributed by atoms with Crippen molar-refractivity contribution < 1.29 is 18.7 Å². The summed E-state index contributed by atoms with van der Waals surface area (Å²) in [7, 11) is 1.62. The largest absolute Gasteiger partial charge is 0.385 e. The third-order valence-electron chi connectivity index (χ3n) is 6.51. The second kappa shape index (κ2) is 12.1. The monoisotopic (exact) mass is 564 g/mol. The predicted octanol–water partition coefficient (Wildman–Crippen LogP) is 5.37. The highest BCUT2D eigenvalue weighted by molar-refractivity contribution is 8.00. The lowest BCUT2D eigenvalue weighted by atomic mass is 10.0. The summed E-state index contributed by atoms with van der Waals surface area (Å²) in [6.07, 6.45) is 0.674. The van der Waals surface area contributed by atoms with Crippen molar-refractivity contribution in [2.24, 2.45) is 0 Å². The van der Waals surface area contributed by atoms with Gasteiger partial charge >= 0.3 is 0 Å². The summed E-state index contributed by atoms with van der Waals surface area (Å²) in [6.45, 7) is 2.84. The van der Waals surface area contributed by atoms with Crippen LogP contribution in [0.25, 0.3) is 16.3 Å². The molecule has 0 radical (unpaired) electrons. The normalized spacial score (nSPS) is 15.2. The zero-order valence-corrected chi connectivity index (χ0v) is 23.4. The van der Waals surface area contributed by atoms with E-state index in [4.69, 9.17) is 9.84 Å². The molecule has 1 aliphatic heterocycles. The molecule has 1 atom stereocenters. The molecule has 202 valence electrons. The van der Waals surface area contributed by atoms with Crippen LogP contribution in [0.1, 0.15) is 28.4 Å². The second-order valence-electron chi connectivity index (χ2n) is 9.18. The van der Waals surface area contributed by atoms with Gasteiger partial charge in [-0.3, -0.25) is 14.5 Å². The van der Waals surface area contributed by atoms with Crippen LogP contribution in [0.2, 0.25) is 0 Å². The molecule has 2 aromatic heterocycles. The first-order valence-electron chi connectivity index (χ1n) is 12.6. The van der Waals surface area contributed by atoms with Crippen LogP contribution in [0, 0.1) is 12.7 Å². The van der Waals surface area contributed by atoms with Gasteiger partial charge in [0.05, 0.1) is 21.6 Å². The van der Waals surface area contributed by atoms with Gasteiger partial charge in [0, 0.05) is 25.8 Å². The van der Waals surface area contributed by atoms with Gasteiger partial charge in [-0.2, -0.15) is 5.10 Å². The highest BCUT2D eigenvalue weighted by Gasteiger charge is 2.38. The van der Waals surface area contributed by atoms with Gasteiger partial charge in [-0.05, 0) is 54.1 Å². The Morgan fingerprint density at radius 2 is 1.95 bits per heavy atom. The summed E-state index contributed by atoms with van der Waals surface area (Å²) in [4.78, 5) is 29.2. The Hall–Kier alpha value is -3.47. The molecule has 39 heavy (non-hydrogen) atoms. The Morgan fingerprint density at radius 1 is 1.15 bits per heavy atom. The molecule has 0 fully saturated rings. The molecule has 0 bridgehead atoms. The molecule has 1 aliphatic rings. The lowest BCUT2D eigenvalue weighted by Gasteiger charge is -2.23. The number of fused-ring (bicyclic) bond motifs is 1. The smallest absolute Gasteiger partial charge is 0.240 e. The summed E-state index contributed by atoms with van der Waals surface area (Å²) in [6, 6.07) is 18.2. The number of carbonyl (C=O) groups excluding carboxylic acids is 2. The highest BCUT2D eigenvalue weighted by Crippen LogP contribution is 2.49. The maximum absolute atomic E-state index is 13.9. The number of anilines is 1. The van der Waals surface area contributed by atoms with E-state index in [0.29, 0.717) is 25.4 Å². The number of para-hydroxylation sites is 1. The van der Waals surface area contributed by atoms with E-state index in [0.717, 1.165) is 32.9 Å². The van der Waals surface area contributed by atoms with E-state index >= 15 is 0 Å². The average molecular weight is 565 g/mol. The molecule has 10 heteroatoms. The highest BCUT2D eigenvalue weighted by atomic mass is 32.2. The Kier molecular flexibility index (Phi) is 8.44. The molecule has 2 amide bonds. The first-order chi connectivity index (χ1) is 19.0. The number of aryl methyl sites for hydroxylation is 1. The van der Waals surface area contributed by atoms with Crippen LogP contribution >= 0.6 is 23.1 Å². The maximum Gasteiger partial charge on any atom is 0.240 e. The average Bonchev–Trinajstić information content (AvgIpc) is 3.57. The Labute approximate surface area is 235 Å². The maximum atomic E-state index is 13.9. The van der Waals surface area contributed by atoms with Gasteiger partial charge in [0.25, 0.3) is 0 Å². The zero-order valence-electron chi connectivity index (χ0n) is 21.7. The number of hydrogen-bond donors (Lipinski definition) is 1. The number of amides is 2. The van der Waals surface area contributed by atoms with Gasteiger partial charge in [-0.15, -0.1) is 23.1 Å². The van der Waals surface area contributed by atoms with E-state index < -0.39 is 0 Å². The van der Waals surface area contributed by atoms with Crippen LogP contribution in [-0.4, -0.2) is 54.2 Å². The van der Waals surface area contributed by atoms with Gasteiger partial charge in [-0.25, -0.2) is 9.07 Å². The molecule has 0 aliphatic carbocycles. The summed E-state index contributed by atoms with van der Waals surface area (Å²) in [5, 5.41) is 9.67. The van der Waals surface area contributed by atoms with Crippen molar-refractivity contribution in [3.63, 3.8) is 0 Å². The summed E-state index contributed by atoms with van der Waals surface area (Å²) in [5.41, 5.74) is 4.23. The van der Waals surface area contributed by atoms with Crippen molar-refractivity contribution >= 4 is 40.7 Å². The number of nitrogens with zero attached hydrogens (tertiary/aromatic N) is 3. The van der Waals surface area contributed by atoms with Crippen LogP contribution in [-0.2, 0) is 14.3 Å². The van der Waals surface area contributed by atoms with Crippen molar-refractivity contribution in [3.8, 4) is 16.3 Å². The van der Waals surface area contributed by atoms with E-state index in [1.807, 2.05) is 48.7 Å². The van der Waals surface area contributed by atoms with Crippen molar-refractivity contribution in [2.45, 2.75) is 18.6 Å². The molecular weight excluding hydrogens is 535 g/mol. The molecule has 1 N–H and O–H groups in total. The summed E-state index contributed by atoms with van der Waals surface area (Å²) in [5.74, 6) is -0.0551. The van der Waals surface area contributed by atoms with E-state index in [1.54, 1.807) is 40.2 Å². The van der Waals surface area contributed by atoms with Crippen LogP contribution in [0.3, 0.4) is 0 Å². The van der Waals surface area contributed by atoms with Gasteiger partial charge in [0.1, 0.15) is 23.9 Å². The summed E-state index contributed by atoms with van der Waals surface area (Å²) < 4.78 is 20.8. The first kappa shape index (κ1) is 27.1. The number of nitrogens with one attached hydrogen (secondary N) is 1. The number of ether oxygens (including phenoxy) is 1. The fourth-order valence-corrected chi connectivity index (χ4v) is 6.55. The number of methoxy groups -OCH3 is 1. The summed E-state index contributed by atoms with van der Waals surface area (Å²) >= 11 is 3.02. The molecule has 7 nitrogen and oxygen atoms in total. The topological polar surface area (TPSA) is 76.5 Å². The third kappa shape index (κ3) is 5.78. The van der Waals surface area contributed by atoms with E-state index in [1.165, 1.54) is 23.9 Å².